The minimum atomic E-state index is -0.0749. The summed E-state index contributed by atoms with van der Waals surface area (Å²) in [5.41, 5.74) is 2.18. The van der Waals surface area contributed by atoms with E-state index in [-0.39, 0.29) is 5.92 Å². The van der Waals surface area contributed by atoms with Crippen LogP contribution in [-0.2, 0) is 4.79 Å². The van der Waals surface area contributed by atoms with Crippen molar-refractivity contribution in [1.29, 1.82) is 0 Å². The molecule has 0 aliphatic heterocycles. The number of benzene rings is 2. The van der Waals surface area contributed by atoms with E-state index >= 15 is 0 Å². The Morgan fingerprint density at radius 2 is 1.19 bits per heavy atom. The summed E-state index contributed by atoms with van der Waals surface area (Å²) in [6.07, 6.45) is 0. The molecule has 0 radical (unpaired) electrons. The Hall–Kier alpha value is -1.67. The van der Waals surface area contributed by atoms with Crippen molar-refractivity contribution in [2.24, 2.45) is 0 Å². The van der Waals surface area contributed by atoms with Crippen molar-refractivity contribution in [2.75, 3.05) is 0 Å². The third kappa shape index (κ3) is 2.28. The van der Waals surface area contributed by atoms with E-state index < -0.39 is 0 Å². The van der Waals surface area contributed by atoms with Crippen LogP contribution in [0.4, 0.5) is 0 Å². The zero-order valence-electron chi connectivity index (χ0n) is 9.26. The predicted octanol–water partition coefficient (Wildman–Crippen LogP) is 1.71. The van der Waals surface area contributed by atoms with Crippen LogP contribution in [0.5, 0.6) is 0 Å². The molecule has 0 unspecified atom stereocenters. The van der Waals surface area contributed by atoms with Gasteiger partial charge in [0.15, 0.2) is 0 Å². The van der Waals surface area contributed by atoms with Crippen molar-refractivity contribution in [3.05, 3.63) is 71.8 Å². The maximum Gasteiger partial charge on any atom is 0.112 e. The molecule has 1 nitrogen and oxygen atoms in total. The van der Waals surface area contributed by atoms with Crippen LogP contribution in [0.2, 0.25) is 0 Å². The van der Waals surface area contributed by atoms with Crippen LogP contribution >= 0.6 is 0 Å². The molecule has 16 heavy (non-hydrogen) atoms. The van der Waals surface area contributed by atoms with Gasteiger partial charge in [-0.25, -0.2) is 0 Å². The summed E-state index contributed by atoms with van der Waals surface area (Å²) in [4.78, 5) is 11.8. The van der Waals surface area contributed by atoms with Gasteiger partial charge >= 0.3 is 0 Å². The minimum Gasteiger partial charge on any atom is -0.306 e. The lowest BCUT2D eigenvalue weighted by Gasteiger charge is -2.14. The van der Waals surface area contributed by atoms with Crippen molar-refractivity contribution in [3.8, 4) is 0 Å². The molecular weight excluding hydrogens is 212 g/mol. The summed E-state index contributed by atoms with van der Waals surface area (Å²) < 4.78 is 0. The molecule has 0 spiro atoms. The van der Waals surface area contributed by atoms with Crippen molar-refractivity contribution in [3.63, 3.8) is 0 Å². The van der Waals surface area contributed by atoms with E-state index in [0.29, 0.717) is 15.6 Å². The molecule has 2 heteroatoms. The van der Waals surface area contributed by atoms with E-state index in [9.17, 15) is 4.79 Å². The molecule has 2 aromatic rings. The van der Waals surface area contributed by atoms with E-state index in [0.717, 1.165) is 11.1 Å². The maximum absolute atomic E-state index is 11.8. The highest BCUT2D eigenvalue weighted by molar-refractivity contribution is 6.59. The van der Waals surface area contributed by atoms with Gasteiger partial charge in [-0.1, -0.05) is 60.7 Å². The van der Waals surface area contributed by atoms with Gasteiger partial charge in [-0.15, -0.1) is 0 Å². The third-order valence-electron chi connectivity index (χ3n) is 2.67. The topological polar surface area (TPSA) is 17.1 Å². The standard InChI is InChI=1S/C14H14OSi/c15-14(16)13(11-7-3-1-4-8-11)12-9-5-2-6-10-12/h1-10,13H,16H3. The van der Waals surface area contributed by atoms with Crippen LogP contribution in [0.25, 0.3) is 0 Å². The lowest BCUT2D eigenvalue weighted by molar-refractivity contribution is -0.112. The molecule has 0 saturated carbocycles. The Kier molecular flexibility index (Phi) is 3.32. The fourth-order valence-electron chi connectivity index (χ4n) is 1.95. The number of carbonyl (C=O) groups is 1. The Balaban J connectivity index is 2.44. The van der Waals surface area contributed by atoms with Gasteiger partial charge < -0.3 is 4.79 Å². The fourth-order valence-corrected chi connectivity index (χ4v) is 2.62. The van der Waals surface area contributed by atoms with Crippen LogP contribution < -0.4 is 0 Å². The normalized spacial score (nSPS) is 10.6. The molecule has 0 amide bonds. The van der Waals surface area contributed by atoms with Gasteiger partial charge in [-0.2, -0.15) is 0 Å². The van der Waals surface area contributed by atoms with Gasteiger partial charge in [-0.3, -0.25) is 0 Å². The molecular formula is C14H14OSi. The van der Waals surface area contributed by atoms with Crippen LogP contribution in [0.3, 0.4) is 0 Å². The summed E-state index contributed by atoms with van der Waals surface area (Å²) in [6, 6.07) is 20.0. The van der Waals surface area contributed by atoms with Crippen LogP contribution in [0.1, 0.15) is 17.0 Å². The number of hydrogen-bond donors (Lipinski definition) is 0. The van der Waals surface area contributed by atoms with Crippen molar-refractivity contribution >= 4 is 15.6 Å². The molecule has 0 atom stereocenters. The molecule has 0 bridgehead atoms. The van der Waals surface area contributed by atoms with Crippen molar-refractivity contribution < 1.29 is 4.79 Å². The Morgan fingerprint density at radius 3 is 1.50 bits per heavy atom. The van der Waals surface area contributed by atoms with Crippen molar-refractivity contribution in [1.82, 2.24) is 0 Å². The fraction of sp³-hybridized carbons (Fsp3) is 0.0714. The second kappa shape index (κ2) is 4.90. The lowest BCUT2D eigenvalue weighted by atomic mass is 9.92. The monoisotopic (exact) mass is 226 g/mol. The summed E-state index contributed by atoms with van der Waals surface area (Å²) in [5.74, 6) is -0.0749. The SMILES string of the molecule is O=C([SiH3])C(c1ccccc1)c1ccccc1. The zero-order chi connectivity index (χ0) is 11.4. The maximum atomic E-state index is 11.8. The van der Waals surface area contributed by atoms with E-state index in [2.05, 4.69) is 0 Å². The van der Waals surface area contributed by atoms with Crippen LogP contribution in [0, 0.1) is 0 Å². The molecule has 0 fully saturated rings. The van der Waals surface area contributed by atoms with Crippen LogP contribution in [0.15, 0.2) is 60.7 Å². The highest BCUT2D eigenvalue weighted by Gasteiger charge is 2.17. The minimum absolute atomic E-state index is 0.0749. The van der Waals surface area contributed by atoms with Gasteiger partial charge in [0, 0.05) is 0 Å². The second-order valence-corrected chi connectivity index (χ2v) is 4.85. The number of carbonyl (C=O) groups excluding carboxylic acids is 1. The van der Waals surface area contributed by atoms with E-state index in [1.807, 2.05) is 60.7 Å². The van der Waals surface area contributed by atoms with Crippen molar-refractivity contribution in [2.45, 2.75) is 5.92 Å². The molecule has 2 aromatic carbocycles. The molecule has 0 aromatic heterocycles. The third-order valence-corrected chi connectivity index (χ3v) is 3.25. The second-order valence-electron chi connectivity index (χ2n) is 3.87. The number of hydrogen-bond acceptors (Lipinski definition) is 1. The first-order valence-electron chi connectivity index (χ1n) is 5.39. The largest absolute Gasteiger partial charge is 0.306 e. The van der Waals surface area contributed by atoms with Gasteiger partial charge in [0.25, 0.3) is 0 Å². The summed E-state index contributed by atoms with van der Waals surface area (Å²) in [6.45, 7) is 0. The van der Waals surface area contributed by atoms with Gasteiger partial charge in [0.05, 0.1) is 16.2 Å². The molecule has 0 aliphatic carbocycles. The van der Waals surface area contributed by atoms with Gasteiger partial charge in [0.1, 0.15) is 5.41 Å². The highest BCUT2D eigenvalue weighted by atomic mass is 28.1. The molecule has 0 heterocycles. The van der Waals surface area contributed by atoms with Gasteiger partial charge in [0.2, 0.25) is 0 Å². The lowest BCUT2D eigenvalue weighted by Crippen LogP contribution is -2.13. The molecule has 0 N–H and O–H groups in total. The summed E-state index contributed by atoms with van der Waals surface area (Å²) in [7, 11) is 0.583. The number of rotatable bonds is 3. The smallest absolute Gasteiger partial charge is 0.112 e. The Morgan fingerprint density at radius 1 is 0.812 bits per heavy atom. The molecule has 0 aliphatic rings. The van der Waals surface area contributed by atoms with E-state index in [1.165, 1.54) is 0 Å². The zero-order valence-corrected chi connectivity index (χ0v) is 11.3. The molecule has 80 valence electrons. The van der Waals surface area contributed by atoms with E-state index in [1.54, 1.807) is 0 Å². The molecule has 0 saturated heterocycles. The first kappa shape index (κ1) is 10.8. The average molecular weight is 226 g/mol. The highest BCUT2D eigenvalue weighted by Crippen LogP contribution is 2.24. The van der Waals surface area contributed by atoms with E-state index in [4.69, 9.17) is 0 Å². The summed E-state index contributed by atoms with van der Waals surface area (Å²) >= 11 is 0. The predicted molar refractivity (Wildman–Crippen MR) is 69.7 cm³/mol. The van der Waals surface area contributed by atoms with Crippen LogP contribution in [-0.4, -0.2) is 15.6 Å². The Labute approximate surface area is 98.6 Å². The molecule has 2 rings (SSSR count). The first-order chi connectivity index (χ1) is 7.79. The first-order valence-corrected chi connectivity index (χ1v) is 6.39. The summed E-state index contributed by atoms with van der Waals surface area (Å²) in [5, 5.41) is 0.317. The quantitative estimate of drug-likeness (QED) is 0.728. The Bertz CT molecular complexity index is 425. The van der Waals surface area contributed by atoms with Gasteiger partial charge in [-0.05, 0) is 11.1 Å². The average Bonchev–Trinajstić information content (AvgIpc) is 2.31.